The van der Waals surface area contributed by atoms with Gasteiger partial charge in [0, 0.05) is 12.6 Å². The molecule has 1 aromatic carbocycles. The van der Waals surface area contributed by atoms with Crippen LogP contribution in [0.3, 0.4) is 0 Å². The Hall–Kier alpha value is -1.06. The minimum absolute atomic E-state index is 0.302. The van der Waals surface area contributed by atoms with Crippen LogP contribution in [0.4, 0.5) is 0 Å². The van der Waals surface area contributed by atoms with Crippen molar-refractivity contribution in [2.75, 3.05) is 20.3 Å². The van der Waals surface area contributed by atoms with Crippen molar-refractivity contribution in [2.24, 2.45) is 0 Å². The smallest absolute Gasteiger partial charge is 0.122 e. The third-order valence-electron chi connectivity index (χ3n) is 3.73. The average molecular weight is 249 g/mol. The van der Waals surface area contributed by atoms with Gasteiger partial charge >= 0.3 is 0 Å². The summed E-state index contributed by atoms with van der Waals surface area (Å²) in [5, 5.41) is 12.2. The molecule has 18 heavy (non-hydrogen) atoms. The highest BCUT2D eigenvalue weighted by molar-refractivity contribution is 5.37. The lowest BCUT2D eigenvalue weighted by atomic mass is 9.75. The van der Waals surface area contributed by atoms with E-state index in [4.69, 9.17) is 9.84 Å². The fraction of sp³-hybridized carbons (Fsp3) is 0.600. The molecule has 1 aromatic rings. The minimum atomic E-state index is 0.302. The van der Waals surface area contributed by atoms with Crippen molar-refractivity contribution in [2.45, 2.75) is 37.6 Å². The molecule has 0 spiro atoms. The Kier molecular flexibility index (Phi) is 5.02. The van der Waals surface area contributed by atoms with Crippen LogP contribution in [0.15, 0.2) is 24.3 Å². The normalized spacial score (nSPS) is 22.6. The highest BCUT2D eigenvalue weighted by atomic mass is 16.5. The summed E-state index contributed by atoms with van der Waals surface area (Å²) in [6.45, 7) is 1.32. The summed E-state index contributed by atoms with van der Waals surface area (Å²) in [5.74, 6) is 1.65. The van der Waals surface area contributed by atoms with Crippen LogP contribution in [0.5, 0.6) is 5.75 Å². The lowest BCUT2D eigenvalue weighted by molar-refractivity contribution is 0.264. The molecule has 0 saturated heterocycles. The molecule has 1 saturated carbocycles. The molecule has 0 amide bonds. The number of para-hydroxylation sites is 1. The van der Waals surface area contributed by atoms with Crippen molar-refractivity contribution in [3.05, 3.63) is 29.8 Å². The number of hydrogen-bond acceptors (Lipinski definition) is 3. The largest absolute Gasteiger partial charge is 0.496 e. The maximum atomic E-state index is 8.71. The fourth-order valence-electron chi connectivity index (χ4n) is 2.59. The third-order valence-corrected chi connectivity index (χ3v) is 3.73. The van der Waals surface area contributed by atoms with E-state index in [0.717, 1.165) is 25.1 Å². The molecular weight excluding hydrogens is 226 g/mol. The van der Waals surface area contributed by atoms with Gasteiger partial charge in [0.15, 0.2) is 0 Å². The van der Waals surface area contributed by atoms with Gasteiger partial charge in [-0.2, -0.15) is 0 Å². The van der Waals surface area contributed by atoms with E-state index in [1.54, 1.807) is 7.11 Å². The molecule has 3 heteroatoms. The quantitative estimate of drug-likeness (QED) is 0.729. The summed E-state index contributed by atoms with van der Waals surface area (Å²) in [6.07, 6.45) is 4.35. The maximum absolute atomic E-state index is 8.71. The van der Waals surface area contributed by atoms with Gasteiger partial charge in [-0.25, -0.2) is 0 Å². The monoisotopic (exact) mass is 249 g/mol. The third kappa shape index (κ3) is 3.24. The van der Waals surface area contributed by atoms with Crippen molar-refractivity contribution in [1.29, 1.82) is 0 Å². The SMILES string of the molecule is COc1ccccc1C1CC(NCCCCO)C1. The van der Waals surface area contributed by atoms with E-state index in [1.165, 1.54) is 18.4 Å². The van der Waals surface area contributed by atoms with Crippen molar-refractivity contribution in [1.82, 2.24) is 5.32 Å². The van der Waals surface area contributed by atoms with Crippen LogP contribution < -0.4 is 10.1 Å². The molecule has 1 aliphatic carbocycles. The standard InChI is InChI=1S/C15H23NO2/c1-18-15-7-3-2-6-14(15)12-10-13(11-12)16-8-4-5-9-17/h2-3,6-7,12-13,16-17H,4-5,8-11H2,1H3. The van der Waals surface area contributed by atoms with E-state index >= 15 is 0 Å². The minimum Gasteiger partial charge on any atom is -0.496 e. The summed E-state index contributed by atoms with van der Waals surface area (Å²) < 4.78 is 5.40. The van der Waals surface area contributed by atoms with Crippen LogP contribution in [-0.4, -0.2) is 31.4 Å². The molecule has 0 aromatic heterocycles. The first-order valence-corrected chi connectivity index (χ1v) is 6.82. The van der Waals surface area contributed by atoms with Gasteiger partial charge in [-0.15, -0.1) is 0 Å². The first kappa shape index (κ1) is 13.4. The second-order valence-corrected chi connectivity index (χ2v) is 4.99. The summed E-state index contributed by atoms with van der Waals surface area (Å²) in [5.41, 5.74) is 1.34. The molecule has 1 aliphatic rings. The molecule has 0 radical (unpaired) electrons. The number of rotatable bonds is 7. The van der Waals surface area contributed by atoms with Crippen molar-refractivity contribution in [3.63, 3.8) is 0 Å². The Bertz CT molecular complexity index is 361. The molecule has 3 nitrogen and oxygen atoms in total. The van der Waals surface area contributed by atoms with E-state index in [1.807, 2.05) is 12.1 Å². The van der Waals surface area contributed by atoms with Crippen LogP contribution >= 0.6 is 0 Å². The number of aliphatic hydroxyl groups is 1. The lowest BCUT2D eigenvalue weighted by Crippen LogP contribution is -2.40. The molecule has 0 bridgehead atoms. The molecule has 1 fully saturated rings. The Labute approximate surface area is 109 Å². The van der Waals surface area contributed by atoms with Gasteiger partial charge in [-0.3, -0.25) is 0 Å². The Balaban J connectivity index is 1.75. The molecule has 0 heterocycles. The zero-order valence-corrected chi connectivity index (χ0v) is 11.1. The molecule has 0 unspecified atom stereocenters. The number of benzene rings is 1. The van der Waals surface area contributed by atoms with Gasteiger partial charge in [0.2, 0.25) is 0 Å². The van der Waals surface area contributed by atoms with Crippen LogP contribution in [0.2, 0.25) is 0 Å². The predicted molar refractivity (Wildman–Crippen MR) is 73.1 cm³/mol. The van der Waals surface area contributed by atoms with Crippen LogP contribution in [-0.2, 0) is 0 Å². The zero-order chi connectivity index (χ0) is 12.8. The Morgan fingerprint density at radius 3 is 2.78 bits per heavy atom. The second kappa shape index (κ2) is 6.76. The van der Waals surface area contributed by atoms with Crippen LogP contribution in [0, 0.1) is 0 Å². The van der Waals surface area contributed by atoms with Gasteiger partial charge in [0.05, 0.1) is 7.11 Å². The van der Waals surface area contributed by atoms with Crippen LogP contribution in [0.1, 0.15) is 37.2 Å². The van der Waals surface area contributed by atoms with E-state index < -0.39 is 0 Å². The van der Waals surface area contributed by atoms with Gasteiger partial charge < -0.3 is 15.2 Å². The summed E-state index contributed by atoms with van der Waals surface area (Å²) in [4.78, 5) is 0. The molecule has 100 valence electrons. The molecule has 2 N–H and O–H groups in total. The van der Waals surface area contributed by atoms with Gasteiger partial charge in [-0.05, 0) is 49.8 Å². The summed E-state index contributed by atoms with van der Waals surface area (Å²) in [7, 11) is 1.74. The van der Waals surface area contributed by atoms with Crippen LogP contribution in [0.25, 0.3) is 0 Å². The van der Waals surface area contributed by atoms with Gasteiger partial charge in [-0.1, -0.05) is 18.2 Å². The molecular formula is C15H23NO2. The summed E-state index contributed by atoms with van der Waals surface area (Å²) in [6, 6.07) is 8.95. The number of hydrogen-bond donors (Lipinski definition) is 2. The molecule has 0 atom stereocenters. The summed E-state index contributed by atoms with van der Waals surface area (Å²) >= 11 is 0. The second-order valence-electron chi connectivity index (χ2n) is 4.99. The van der Waals surface area contributed by atoms with E-state index in [-0.39, 0.29) is 0 Å². The van der Waals surface area contributed by atoms with Gasteiger partial charge in [0.25, 0.3) is 0 Å². The average Bonchev–Trinajstić information content (AvgIpc) is 2.36. The number of aliphatic hydroxyl groups excluding tert-OH is 1. The Morgan fingerprint density at radius 1 is 1.28 bits per heavy atom. The van der Waals surface area contributed by atoms with Gasteiger partial charge in [0.1, 0.15) is 5.75 Å². The maximum Gasteiger partial charge on any atom is 0.122 e. The lowest BCUT2D eigenvalue weighted by Gasteiger charge is -2.37. The van der Waals surface area contributed by atoms with E-state index in [2.05, 4.69) is 17.4 Å². The van der Waals surface area contributed by atoms with Crippen molar-refractivity contribution >= 4 is 0 Å². The molecule has 0 aliphatic heterocycles. The number of unbranched alkanes of at least 4 members (excludes halogenated alkanes) is 1. The number of ether oxygens (including phenoxy) is 1. The highest BCUT2D eigenvalue weighted by Gasteiger charge is 2.31. The van der Waals surface area contributed by atoms with E-state index in [0.29, 0.717) is 18.6 Å². The molecule has 2 rings (SSSR count). The Morgan fingerprint density at radius 2 is 2.06 bits per heavy atom. The highest BCUT2D eigenvalue weighted by Crippen LogP contribution is 2.40. The first-order chi connectivity index (χ1) is 8.85. The predicted octanol–water partition coefficient (Wildman–Crippen LogP) is 2.30. The van der Waals surface area contributed by atoms with E-state index in [9.17, 15) is 0 Å². The zero-order valence-electron chi connectivity index (χ0n) is 11.1. The number of nitrogens with one attached hydrogen (secondary N) is 1. The fourth-order valence-corrected chi connectivity index (χ4v) is 2.59. The first-order valence-electron chi connectivity index (χ1n) is 6.82. The van der Waals surface area contributed by atoms with Crippen molar-refractivity contribution < 1.29 is 9.84 Å². The number of methoxy groups -OCH3 is 1. The topological polar surface area (TPSA) is 41.5 Å². The van der Waals surface area contributed by atoms with Crippen molar-refractivity contribution in [3.8, 4) is 5.75 Å².